The number of hydrogen-bond acceptors (Lipinski definition) is 7. The highest BCUT2D eigenvalue weighted by Gasteiger charge is 2.50. The molecular weight excluding hydrogens is 536 g/mol. The van der Waals surface area contributed by atoms with Gasteiger partial charge in [-0.3, -0.25) is 4.79 Å². The average molecular weight is 570 g/mol. The van der Waals surface area contributed by atoms with Crippen LogP contribution in [0.4, 0.5) is 14.5 Å². The summed E-state index contributed by atoms with van der Waals surface area (Å²) >= 11 is 0. The molecule has 0 bridgehead atoms. The van der Waals surface area contributed by atoms with Crippen LogP contribution in [0.5, 0.6) is 0 Å². The van der Waals surface area contributed by atoms with Gasteiger partial charge in [0, 0.05) is 12.1 Å². The molecule has 2 heterocycles. The maximum Gasteiger partial charge on any atom is 0.233 e. The van der Waals surface area contributed by atoms with E-state index in [4.69, 9.17) is 4.74 Å². The standard InChI is InChI=1S/C31H33F2NO7/c32-21-7-5-19(6-8-21)25(36)14-13-24-27(34(30(24)40)23-11-9-22(33)10-12-23)20-3-1-18(2-4-20)15-31(17-35)29(39)28(38)26(37)16-41-31/h1-12,24-29,35-39H,13-17H2/t24-,25+,26+,27-,28-,29-,31+/m1/s1. The summed E-state index contributed by atoms with van der Waals surface area (Å²) in [5.41, 5.74) is 1.07. The molecule has 0 spiro atoms. The number of rotatable bonds is 9. The Morgan fingerprint density at radius 2 is 1.54 bits per heavy atom. The number of nitrogens with zero attached hydrogens (tertiary/aromatic N) is 1. The van der Waals surface area contributed by atoms with Crippen molar-refractivity contribution < 1.29 is 43.8 Å². The number of aliphatic hydroxyl groups excluding tert-OH is 5. The van der Waals surface area contributed by atoms with E-state index in [9.17, 15) is 39.1 Å². The van der Waals surface area contributed by atoms with Crippen LogP contribution in [0.2, 0.25) is 0 Å². The number of aliphatic hydroxyl groups is 5. The maximum absolute atomic E-state index is 13.6. The van der Waals surface area contributed by atoms with Gasteiger partial charge in [-0.05, 0) is 65.9 Å². The number of carbonyl (C=O) groups is 1. The van der Waals surface area contributed by atoms with Crippen molar-refractivity contribution >= 4 is 11.6 Å². The van der Waals surface area contributed by atoms with Crippen LogP contribution in [0.15, 0.2) is 72.8 Å². The van der Waals surface area contributed by atoms with E-state index < -0.39 is 60.2 Å². The topological polar surface area (TPSA) is 131 Å². The quantitative estimate of drug-likeness (QED) is 0.251. The van der Waals surface area contributed by atoms with Crippen LogP contribution in [0.25, 0.3) is 0 Å². The summed E-state index contributed by atoms with van der Waals surface area (Å²) < 4.78 is 32.5. The van der Waals surface area contributed by atoms with Gasteiger partial charge in [0.25, 0.3) is 0 Å². The Morgan fingerprint density at radius 3 is 2.15 bits per heavy atom. The molecule has 3 aromatic rings. The smallest absolute Gasteiger partial charge is 0.233 e. The molecule has 0 unspecified atom stereocenters. The number of benzene rings is 3. The highest BCUT2D eigenvalue weighted by atomic mass is 19.1. The molecule has 0 aromatic heterocycles. The number of anilines is 1. The molecule has 2 aliphatic heterocycles. The van der Waals surface area contributed by atoms with Crippen LogP contribution >= 0.6 is 0 Å². The lowest BCUT2D eigenvalue weighted by molar-refractivity contribution is -0.246. The Hall–Kier alpha value is -3.25. The maximum atomic E-state index is 13.6. The van der Waals surface area contributed by atoms with Gasteiger partial charge in [-0.1, -0.05) is 36.4 Å². The van der Waals surface area contributed by atoms with Crippen molar-refractivity contribution in [1.29, 1.82) is 0 Å². The first-order valence-electron chi connectivity index (χ1n) is 13.5. The normalized spacial score (nSPS) is 28.8. The van der Waals surface area contributed by atoms with Gasteiger partial charge >= 0.3 is 0 Å². The lowest BCUT2D eigenvalue weighted by Gasteiger charge is -2.48. The van der Waals surface area contributed by atoms with Crippen LogP contribution in [0.1, 0.15) is 41.7 Å². The van der Waals surface area contributed by atoms with E-state index in [1.54, 1.807) is 17.0 Å². The summed E-state index contributed by atoms with van der Waals surface area (Å²) in [5.74, 6) is -1.46. The van der Waals surface area contributed by atoms with Crippen LogP contribution in [0, 0.1) is 17.6 Å². The third-order valence-electron chi connectivity index (χ3n) is 8.22. The molecule has 2 aliphatic rings. The molecule has 41 heavy (non-hydrogen) atoms. The summed E-state index contributed by atoms with van der Waals surface area (Å²) in [6.07, 6.45) is -4.42. The zero-order chi connectivity index (χ0) is 29.3. The second-order valence-corrected chi connectivity index (χ2v) is 10.8. The second kappa shape index (κ2) is 11.9. The minimum atomic E-state index is -1.51. The number of halogens is 2. The van der Waals surface area contributed by atoms with E-state index in [-0.39, 0.29) is 25.4 Å². The molecule has 8 nitrogen and oxygen atoms in total. The largest absolute Gasteiger partial charge is 0.393 e. The molecule has 5 rings (SSSR count). The molecule has 2 fully saturated rings. The summed E-state index contributed by atoms with van der Waals surface area (Å²) in [5, 5.41) is 51.2. The average Bonchev–Trinajstić information content (AvgIpc) is 2.98. The van der Waals surface area contributed by atoms with Gasteiger partial charge in [0.2, 0.25) is 5.91 Å². The van der Waals surface area contributed by atoms with Crippen molar-refractivity contribution in [3.8, 4) is 0 Å². The summed E-state index contributed by atoms with van der Waals surface area (Å²) in [7, 11) is 0. The molecule has 10 heteroatoms. The van der Waals surface area contributed by atoms with E-state index in [1.165, 1.54) is 48.5 Å². The first kappa shape index (κ1) is 29.2. The van der Waals surface area contributed by atoms with Crippen molar-refractivity contribution in [1.82, 2.24) is 0 Å². The third kappa shape index (κ3) is 5.76. The van der Waals surface area contributed by atoms with E-state index in [2.05, 4.69) is 0 Å². The lowest BCUT2D eigenvalue weighted by atomic mass is 9.77. The predicted octanol–water partition coefficient (Wildman–Crippen LogP) is 2.57. The number of hydrogen-bond donors (Lipinski definition) is 5. The fourth-order valence-corrected chi connectivity index (χ4v) is 5.78. The monoisotopic (exact) mass is 569 g/mol. The van der Waals surface area contributed by atoms with Crippen LogP contribution in [0.3, 0.4) is 0 Å². The minimum Gasteiger partial charge on any atom is -0.393 e. The highest BCUT2D eigenvalue weighted by molar-refractivity contribution is 6.03. The molecule has 0 aliphatic carbocycles. The lowest BCUT2D eigenvalue weighted by Crippen LogP contribution is -2.63. The van der Waals surface area contributed by atoms with E-state index in [0.29, 0.717) is 23.2 Å². The van der Waals surface area contributed by atoms with Crippen LogP contribution < -0.4 is 4.90 Å². The Kier molecular flexibility index (Phi) is 8.51. The Morgan fingerprint density at radius 1 is 0.927 bits per heavy atom. The van der Waals surface area contributed by atoms with E-state index in [1.807, 2.05) is 12.1 Å². The molecular formula is C31H33F2NO7. The first-order valence-corrected chi connectivity index (χ1v) is 13.5. The zero-order valence-corrected chi connectivity index (χ0v) is 22.2. The van der Waals surface area contributed by atoms with Crippen LogP contribution in [-0.4, -0.2) is 68.6 Å². The van der Waals surface area contributed by atoms with Crippen molar-refractivity contribution in [2.75, 3.05) is 18.1 Å². The SMILES string of the molecule is O=C1[C@H](CC[C@H](O)c2ccc(F)cc2)[C@@H](c2ccc(C[C@@]3(CO)OC[C@H](O)[C@@H](O)[C@H]3O)cc2)N1c1ccc(F)cc1. The number of amides is 1. The minimum absolute atomic E-state index is 0.0628. The number of carbonyl (C=O) groups excluding carboxylic acids is 1. The molecule has 5 N–H and O–H groups in total. The fraction of sp³-hybridized carbons (Fsp3) is 0.387. The summed E-state index contributed by atoms with van der Waals surface area (Å²) in [6.45, 7) is -0.813. The Bertz CT molecular complexity index is 1340. The molecule has 218 valence electrons. The van der Waals surface area contributed by atoms with Crippen molar-refractivity contribution in [3.05, 3.63) is 101 Å². The fourth-order valence-electron chi connectivity index (χ4n) is 5.78. The second-order valence-electron chi connectivity index (χ2n) is 10.8. The van der Waals surface area contributed by atoms with Crippen molar-refractivity contribution in [2.24, 2.45) is 5.92 Å². The van der Waals surface area contributed by atoms with Crippen molar-refractivity contribution in [2.45, 2.75) is 55.3 Å². The molecule has 1 amide bonds. The molecule has 0 radical (unpaired) electrons. The zero-order valence-electron chi connectivity index (χ0n) is 22.2. The van der Waals surface area contributed by atoms with E-state index in [0.717, 1.165) is 5.56 Å². The molecule has 7 atom stereocenters. The molecule has 2 saturated heterocycles. The van der Waals surface area contributed by atoms with Gasteiger partial charge in [0.05, 0.1) is 31.3 Å². The van der Waals surface area contributed by atoms with Crippen molar-refractivity contribution in [3.63, 3.8) is 0 Å². The van der Waals surface area contributed by atoms with Gasteiger partial charge in [-0.2, -0.15) is 0 Å². The number of ether oxygens (including phenoxy) is 1. The third-order valence-corrected chi connectivity index (χ3v) is 8.22. The molecule has 0 saturated carbocycles. The van der Waals surface area contributed by atoms with Gasteiger partial charge < -0.3 is 35.2 Å². The van der Waals surface area contributed by atoms with Gasteiger partial charge in [-0.25, -0.2) is 8.78 Å². The summed E-state index contributed by atoms with van der Waals surface area (Å²) in [6, 6.07) is 18.0. The predicted molar refractivity (Wildman–Crippen MR) is 145 cm³/mol. The van der Waals surface area contributed by atoms with Crippen LogP contribution in [-0.2, 0) is 16.0 Å². The van der Waals surface area contributed by atoms with Gasteiger partial charge in [0.15, 0.2) is 0 Å². The van der Waals surface area contributed by atoms with E-state index >= 15 is 0 Å². The number of β-lactam (4-membered cyclic amide) rings is 1. The first-order chi connectivity index (χ1) is 19.6. The molecule has 3 aromatic carbocycles. The highest BCUT2D eigenvalue weighted by Crippen LogP contribution is 2.46. The summed E-state index contributed by atoms with van der Waals surface area (Å²) in [4.78, 5) is 14.9. The van der Waals surface area contributed by atoms with Gasteiger partial charge in [0.1, 0.15) is 35.5 Å². The Balaban J connectivity index is 1.36. The Labute approximate surface area is 236 Å². The van der Waals surface area contributed by atoms with Gasteiger partial charge in [-0.15, -0.1) is 0 Å².